The van der Waals surface area contributed by atoms with Gasteiger partial charge in [-0.2, -0.15) is 4.31 Å². The van der Waals surface area contributed by atoms with E-state index in [0.717, 1.165) is 24.2 Å². The summed E-state index contributed by atoms with van der Waals surface area (Å²) in [6.07, 6.45) is 1.75. The van der Waals surface area contributed by atoms with Gasteiger partial charge in [0.25, 0.3) is 10.0 Å². The van der Waals surface area contributed by atoms with E-state index in [-0.39, 0.29) is 23.4 Å². The molecule has 1 fully saturated rings. The monoisotopic (exact) mass is 281 g/mol. The normalized spacial score (nSPS) is 16.9. The Morgan fingerprint density at radius 2 is 2.19 bits per heavy atom. The van der Waals surface area contributed by atoms with E-state index in [1.165, 1.54) is 10.4 Å². The third-order valence-electron chi connectivity index (χ3n) is 2.39. The second-order valence-corrected chi connectivity index (χ2v) is 7.46. The number of sulfonamides is 1. The van der Waals surface area contributed by atoms with Gasteiger partial charge in [0.2, 0.25) is 0 Å². The van der Waals surface area contributed by atoms with Crippen molar-refractivity contribution in [3.05, 3.63) is 16.5 Å². The minimum atomic E-state index is -3.47. The fourth-order valence-electron chi connectivity index (χ4n) is 1.51. The van der Waals surface area contributed by atoms with Crippen molar-refractivity contribution in [2.24, 2.45) is 0 Å². The second kappa shape index (κ2) is 4.62. The number of nitrogens with zero attached hydrogens (tertiary/aromatic N) is 1. The summed E-state index contributed by atoms with van der Waals surface area (Å²) in [5.74, 6) is 0. The fourth-order valence-corrected chi connectivity index (χ4v) is 4.80. The number of aliphatic hydroxyl groups excluding tert-OH is 1. The van der Waals surface area contributed by atoms with Gasteiger partial charge in [0.15, 0.2) is 0 Å². The molecule has 0 saturated heterocycles. The van der Waals surface area contributed by atoms with Crippen LogP contribution in [0, 0.1) is 0 Å². The van der Waals surface area contributed by atoms with Crippen LogP contribution < -0.4 is 0 Å². The lowest BCUT2D eigenvalue weighted by Crippen LogP contribution is -2.35. The quantitative estimate of drug-likeness (QED) is 0.891. The summed E-state index contributed by atoms with van der Waals surface area (Å²) in [6, 6.07) is 3.14. The van der Waals surface area contributed by atoms with Gasteiger partial charge in [-0.3, -0.25) is 0 Å². The Morgan fingerprint density at radius 1 is 1.50 bits per heavy atom. The number of thiophene rings is 1. The van der Waals surface area contributed by atoms with Crippen molar-refractivity contribution in [1.82, 2.24) is 4.31 Å². The molecule has 0 unspecified atom stereocenters. The van der Waals surface area contributed by atoms with Gasteiger partial charge >= 0.3 is 0 Å². The smallest absolute Gasteiger partial charge is 0.252 e. The molecule has 1 heterocycles. The summed E-state index contributed by atoms with van der Waals surface area (Å²) >= 11 is 6.78. The Balaban J connectivity index is 2.28. The van der Waals surface area contributed by atoms with Gasteiger partial charge in [-0.05, 0) is 25.0 Å². The van der Waals surface area contributed by atoms with Gasteiger partial charge in [0, 0.05) is 12.6 Å². The maximum atomic E-state index is 12.2. The largest absolute Gasteiger partial charge is 0.395 e. The van der Waals surface area contributed by atoms with Crippen LogP contribution in [0.5, 0.6) is 0 Å². The number of aliphatic hydroxyl groups is 1. The SMILES string of the molecule is O=S(=O)(c1ccc(Cl)s1)N(CCO)C1CC1. The van der Waals surface area contributed by atoms with E-state index >= 15 is 0 Å². The second-order valence-electron chi connectivity index (χ2n) is 3.63. The van der Waals surface area contributed by atoms with Crippen molar-refractivity contribution in [2.75, 3.05) is 13.2 Å². The average Bonchev–Trinajstić information content (AvgIpc) is 2.96. The molecule has 90 valence electrons. The van der Waals surface area contributed by atoms with Crippen LogP contribution in [-0.2, 0) is 10.0 Å². The molecule has 0 atom stereocenters. The van der Waals surface area contributed by atoms with E-state index in [1.54, 1.807) is 6.07 Å². The summed E-state index contributed by atoms with van der Waals surface area (Å²) in [5.41, 5.74) is 0. The summed E-state index contributed by atoms with van der Waals surface area (Å²) in [5, 5.41) is 8.90. The first kappa shape index (κ1) is 12.3. The van der Waals surface area contributed by atoms with E-state index in [9.17, 15) is 8.42 Å². The summed E-state index contributed by atoms with van der Waals surface area (Å²) in [4.78, 5) is 0. The lowest BCUT2D eigenvalue weighted by molar-refractivity contribution is 0.250. The first-order valence-corrected chi connectivity index (χ1v) is 7.57. The standard InChI is InChI=1S/C9H12ClNO3S2/c10-8-3-4-9(15-8)16(13,14)11(5-6-12)7-1-2-7/h3-4,7,12H,1-2,5-6H2. The number of halogens is 1. The van der Waals surface area contributed by atoms with Crippen LogP contribution in [0.1, 0.15) is 12.8 Å². The van der Waals surface area contributed by atoms with Crippen LogP contribution in [0.4, 0.5) is 0 Å². The van der Waals surface area contributed by atoms with E-state index in [2.05, 4.69) is 0 Å². The van der Waals surface area contributed by atoms with Crippen molar-refractivity contribution in [1.29, 1.82) is 0 Å². The zero-order valence-corrected chi connectivity index (χ0v) is 10.9. The highest BCUT2D eigenvalue weighted by molar-refractivity contribution is 7.91. The molecule has 0 spiro atoms. The lowest BCUT2D eigenvalue weighted by Gasteiger charge is -2.19. The average molecular weight is 282 g/mol. The van der Waals surface area contributed by atoms with Crippen molar-refractivity contribution in [3.63, 3.8) is 0 Å². The molecule has 1 aliphatic carbocycles. The van der Waals surface area contributed by atoms with Crippen LogP contribution in [0.15, 0.2) is 16.3 Å². The molecule has 0 radical (unpaired) electrons. The molecule has 2 rings (SSSR count). The summed E-state index contributed by atoms with van der Waals surface area (Å²) in [6.45, 7) is -0.00262. The minimum absolute atomic E-state index is 0.0537. The molecular formula is C9H12ClNO3S2. The molecule has 7 heteroatoms. The lowest BCUT2D eigenvalue weighted by atomic mass is 10.6. The Kier molecular flexibility index (Phi) is 3.56. The fraction of sp³-hybridized carbons (Fsp3) is 0.556. The van der Waals surface area contributed by atoms with Gasteiger partial charge in [-0.15, -0.1) is 11.3 Å². The van der Waals surface area contributed by atoms with Gasteiger partial charge in [-0.25, -0.2) is 8.42 Å². The molecular weight excluding hydrogens is 270 g/mol. The van der Waals surface area contributed by atoms with Gasteiger partial charge in [-0.1, -0.05) is 11.6 Å². The predicted molar refractivity (Wildman–Crippen MR) is 63.3 cm³/mol. The number of hydrogen-bond donors (Lipinski definition) is 1. The van der Waals surface area contributed by atoms with Crippen LogP contribution in [0.25, 0.3) is 0 Å². The van der Waals surface area contributed by atoms with Crippen molar-refractivity contribution >= 4 is 33.0 Å². The zero-order valence-electron chi connectivity index (χ0n) is 8.47. The third-order valence-corrected chi connectivity index (χ3v) is 6.04. The maximum absolute atomic E-state index is 12.2. The maximum Gasteiger partial charge on any atom is 0.252 e. The Bertz CT molecular complexity index is 467. The van der Waals surface area contributed by atoms with Crippen molar-refractivity contribution < 1.29 is 13.5 Å². The van der Waals surface area contributed by atoms with Crippen molar-refractivity contribution in [2.45, 2.75) is 23.1 Å². The first-order valence-electron chi connectivity index (χ1n) is 4.94. The Morgan fingerprint density at radius 3 is 2.62 bits per heavy atom. The Hall–Kier alpha value is -0.140. The molecule has 0 aliphatic heterocycles. The third kappa shape index (κ3) is 2.41. The Labute approximate surface area is 104 Å². The minimum Gasteiger partial charge on any atom is -0.395 e. The van der Waals surface area contributed by atoms with Crippen LogP contribution in [-0.4, -0.2) is 37.0 Å². The molecule has 1 N–H and O–H groups in total. The molecule has 16 heavy (non-hydrogen) atoms. The van der Waals surface area contributed by atoms with Gasteiger partial charge in [0.05, 0.1) is 10.9 Å². The molecule has 1 aromatic rings. The molecule has 1 saturated carbocycles. The van der Waals surface area contributed by atoms with E-state index in [4.69, 9.17) is 16.7 Å². The molecule has 4 nitrogen and oxygen atoms in total. The topological polar surface area (TPSA) is 57.6 Å². The van der Waals surface area contributed by atoms with E-state index < -0.39 is 10.0 Å². The molecule has 0 amide bonds. The van der Waals surface area contributed by atoms with Crippen LogP contribution >= 0.6 is 22.9 Å². The first-order chi connectivity index (χ1) is 7.55. The van der Waals surface area contributed by atoms with Gasteiger partial charge in [0.1, 0.15) is 4.21 Å². The van der Waals surface area contributed by atoms with Crippen LogP contribution in [0.2, 0.25) is 4.34 Å². The highest BCUT2D eigenvalue weighted by atomic mass is 35.5. The molecule has 1 aliphatic rings. The number of rotatable bonds is 5. The van der Waals surface area contributed by atoms with Gasteiger partial charge < -0.3 is 5.11 Å². The van der Waals surface area contributed by atoms with Crippen LogP contribution in [0.3, 0.4) is 0 Å². The zero-order chi connectivity index (χ0) is 11.8. The summed E-state index contributed by atoms with van der Waals surface area (Å²) < 4.78 is 26.4. The van der Waals surface area contributed by atoms with E-state index in [0.29, 0.717) is 4.34 Å². The molecule has 0 aromatic carbocycles. The summed E-state index contributed by atoms with van der Waals surface area (Å²) in [7, 11) is -3.47. The highest BCUT2D eigenvalue weighted by Gasteiger charge is 2.38. The van der Waals surface area contributed by atoms with Crippen molar-refractivity contribution in [3.8, 4) is 0 Å². The highest BCUT2D eigenvalue weighted by Crippen LogP contribution is 2.34. The molecule has 0 bridgehead atoms. The predicted octanol–water partition coefficient (Wildman–Crippen LogP) is 1.55. The van der Waals surface area contributed by atoms with E-state index in [1.807, 2.05) is 0 Å². The number of hydrogen-bond acceptors (Lipinski definition) is 4. The molecule has 1 aromatic heterocycles.